The maximum Gasteiger partial charge on any atom is 0.307 e. The highest BCUT2D eigenvalue weighted by atomic mass is 16.5. The summed E-state index contributed by atoms with van der Waals surface area (Å²) in [5.74, 6) is 2.40. The molecule has 3 aromatic carbocycles. The Hall–Kier alpha value is -3.47. The molecule has 0 unspecified atom stereocenters. The topological polar surface area (TPSA) is 65.0 Å². The molecule has 1 N–H and O–H groups in total. The van der Waals surface area contributed by atoms with Crippen molar-refractivity contribution in [3.05, 3.63) is 72.3 Å². The predicted molar refractivity (Wildman–Crippen MR) is 115 cm³/mol. The third-order valence-electron chi connectivity index (χ3n) is 4.97. The molecule has 0 aromatic heterocycles. The fourth-order valence-electron chi connectivity index (χ4n) is 3.21. The van der Waals surface area contributed by atoms with Crippen LogP contribution in [0.4, 0.5) is 0 Å². The third kappa shape index (κ3) is 5.32. The largest absolute Gasteiger partial charge is 0.497 e. The Morgan fingerprint density at radius 2 is 1.67 bits per heavy atom. The number of hydrogen-bond acceptors (Lipinski definition) is 4. The lowest BCUT2D eigenvalue weighted by atomic mass is 10.1. The van der Waals surface area contributed by atoms with Crippen LogP contribution in [0.2, 0.25) is 0 Å². The molecule has 0 radical (unpaired) electrons. The molecular formula is C25H24O5. The molecule has 1 fully saturated rings. The molecule has 0 spiro atoms. The van der Waals surface area contributed by atoms with E-state index in [4.69, 9.17) is 14.2 Å². The maximum absolute atomic E-state index is 11.2. The molecule has 0 heterocycles. The lowest BCUT2D eigenvalue weighted by molar-refractivity contribution is -0.136. The molecule has 154 valence electrons. The van der Waals surface area contributed by atoms with Crippen molar-refractivity contribution in [2.75, 3.05) is 13.7 Å². The van der Waals surface area contributed by atoms with Crippen LogP contribution in [0.3, 0.4) is 0 Å². The molecule has 0 atom stereocenters. The standard InChI is InChI=1S/C25H24O5/c1-28-21-9-7-19(8-10-21)20-3-2-4-22(14-20)30-24-12-18(13-25(26)27)11-23(15-24)29-16-17-5-6-17/h2-4,7-12,14-15,17H,5-6,13,16H2,1H3,(H,26,27). The van der Waals surface area contributed by atoms with Crippen LogP contribution >= 0.6 is 0 Å². The summed E-state index contributed by atoms with van der Waals surface area (Å²) in [6, 6.07) is 20.9. The normalized spacial score (nSPS) is 13.0. The number of methoxy groups -OCH3 is 1. The lowest BCUT2D eigenvalue weighted by Crippen LogP contribution is -2.03. The Labute approximate surface area is 175 Å². The molecule has 0 amide bonds. The van der Waals surface area contributed by atoms with Crippen LogP contribution in [0, 0.1) is 5.92 Å². The van der Waals surface area contributed by atoms with Crippen LogP contribution in [0.1, 0.15) is 18.4 Å². The van der Waals surface area contributed by atoms with Crippen molar-refractivity contribution in [1.82, 2.24) is 0 Å². The van der Waals surface area contributed by atoms with E-state index in [9.17, 15) is 9.90 Å². The lowest BCUT2D eigenvalue weighted by Gasteiger charge is -2.12. The van der Waals surface area contributed by atoms with Crippen molar-refractivity contribution in [2.45, 2.75) is 19.3 Å². The molecule has 5 nitrogen and oxygen atoms in total. The summed E-state index contributed by atoms with van der Waals surface area (Å²) in [6.07, 6.45) is 2.30. The monoisotopic (exact) mass is 404 g/mol. The number of ether oxygens (including phenoxy) is 3. The fourth-order valence-corrected chi connectivity index (χ4v) is 3.21. The van der Waals surface area contributed by atoms with E-state index in [0.29, 0.717) is 35.3 Å². The fraction of sp³-hybridized carbons (Fsp3) is 0.240. The number of carboxylic acid groups (broad SMARTS) is 1. The van der Waals surface area contributed by atoms with Crippen LogP contribution in [0.25, 0.3) is 11.1 Å². The van der Waals surface area contributed by atoms with E-state index in [1.807, 2.05) is 54.6 Å². The van der Waals surface area contributed by atoms with E-state index in [-0.39, 0.29) is 6.42 Å². The van der Waals surface area contributed by atoms with Crippen LogP contribution in [-0.2, 0) is 11.2 Å². The highest BCUT2D eigenvalue weighted by Crippen LogP contribution is 2.33. The number of hydrogen-bond donors (Lipinski definition) is 1. The van der Waals surface area contributed by atoms with Gasteiger partial charge in [-0.1, -0.05) is 24.3 Å². The van der Waals surface area contributed by atoms with Crippen molar-refractivity contribution in [2.24, 2.45) is 5.92 Å². The Kier molecular flexibility index (Phi) is 5.89. The van der Waals surface area contributed by atoms with Crippen LogP contribution in [0.5, 0.6) is 23.0 Å². The summed E-state index contributed by atoms with van der Waals surface area (Å²) in [6.45, 7) is 0.656. The van der Waals surface area contributed by atoms with E-state index < -0.39 is 5.97 Å². The van der Waals surface area contributed by atoms with Gasteiger partial charge in [-0.15, -0.1) is 0 Å². The molecule has 0 bridgehead atoms. The van der Waals surface area contributed by atoms with Gasteiger partial charge in [0.2, 0.25) is 0 Å². The second-order valence-corrected chi connectivity index (χ2v) is 7.50. The zero-order chi connectivity index (χ0) is 20.9. The summed E-state index contributed by atoms with van der Waals surface area (Å²) in [5.41, 5.74) is 2.72. The first-order valence-corrected chi connectivity index (χ1v) is 10.00. The van der Waals surface area contributed by atoms with Gasteiger partial charge in [-0.2, -0.15) is 0 Å². The van der Waals surface area contributed by atoms with Gasteiger partial charge in [-0.05, 0) is 71.8 Å². The first kappa shape index (κ1) is 19.8. The third-order valence-corrected chi connectivity index (χ3v) is 4.97. The molecular weight excluding hydrogens is 380 g/mol. The summed E-state index contributed by atoms with van der Waals surface area (Å²) < 4.78 is 17.2. The Morgan fingerprint density at radius 3 is 2.37 bits per heavy atom. The van der Waals surface area contributed by atoms with E-state index in [1.165, 1.54) is 12.8 Å². The smallest absolute Gasteiger partial charge is 0.307 e. The van der Waals surface area contributed by atoms with Crippen molar-refractivity contribution in [1.29, 1.82) is 0 Å². The minimum absolute atomic E-state index is 0.0805. The molecule has 1 aliphatic carbocycles. The van der Waals surface area contributed by atoms with Gasteiger partial charge < -0.3 is 19.3 Å². The molecule has 0 saturated heterocycles. The van der Waals surface area contributed by atoms with Crippen LogP contribution in [-0.4, -0.2) is 24.8 Å². The highest BCUT2D eigenvalue weighted by Gasteiger charge is 2.22. The maximum atomic E-state index is 11.2. The number of carbonyl (C=O) groups is 1. The second kappa shape index (κ2) is 8.91. The number of rotatable bonds is 9. The van der Waals surface area contributed by atoms with Crippen molar-refractivity contribution in [3.63, 3.8) is 0 Å². The highest BCUT2D eigenvalue weighted by molar-refractivity contribution is 5.71. The second-order valence-electron chi connectivity index (χ2n) is 7.50. The minimum atomic E-state index is -0.887. The molecule has 1 saturated carbocycles. The van der Waals surface area contributed by atoms with Gasteiger partial charge in [0.05, 0.1) is 20.1 Å². The van der Waals surface area contributed by atoms with Crippen molar-refractivity contribution in [3.8, 4) is 34.1 Å². The Morgan fingerprint density at radius 1 is 0.900 bits per heavy atom. The summed E-state index contributed by atoms with van der Waals surface area (Å²) in [7, 11) is 1.64. The molecule has 5 heteroatoms. The van der Waals surface area contributed by atoms with Gasteiger partial charge in [0.15, 0.2) is 0 Å². The Balaban J connectivity index is 1.55. The molecule has 0 aliphatic heterocycles. The predicted octanol–water partition coefficient (Wildman–Crippen LogP) is 5.57. The van der Waals surface area contributed by atoms with Crippen molar-refractivity contribution < 1.29 is 24.1 Å². The zero-order valence-electron chi connectivity index (χ0n) is 16.8. The summed E-state index contributed by atoms with van der Waals surface area (Å²) in [4.78, 5) is 11.2. The van der Waals surface area contributed by atoms with Gasteiger partial charge >= 0.3 is 5.97 Å². The van der Waals surface area contributed by atoms with Gasteiger partial charge in [0, 0.05) is 6.07 Å². The average Bonchev–Trinajstić information content (AvgIpc) is 3.56. The molecule has 3 aromatic rings. The molecule has 30 heavy (non-hydrogen) atoms. The summed E-state index contributed by atoms with van der Waals surface area (Å²) in [5, 5.41) is 9.18. The molecule has 4 rings (SSSR count). The van der Waals surface area contributed by atoms with Crippen LogP contribution < -0.4 is 14.2 Å². The van der Waals surface area contributed by atoms with Gasteiger partial charge in [0.1, 0.15) is 23.0 Å². The number of carboxylic acids is 1. The van der Waals surface area contributed by atoms with E-state index >= 15 is 0 Å². The SMILES string of the molecule is COc1ccc(-c2cccc(Oc3cc(CC(=O)O)cc(OCC4CC4)c3)c2)cc1. The number of benzene rings is 3. The van der Waals surface area contributed by atoms with E-state index in [1.54, 1.807) is 19.2 Å². The zero-order valence-corrected chi connectivity index (χ0v) is 16.8. The van der Waals surface area contributed by atoms with Crippen molar-refractivity contribution >= 4 is 5.97 Å². The van der Waals surface area contributed by atoms with E-state index in [0.717, 1.165) is 16.9 Å². The van der Waals surface area contributed by atoms with E-state index in [2.05, 4.69) is 0 Å². The first-order valence-electron chi connectivity index (χ1n) is 10.00. The Bertz CT molecular complexity index is 1020. The first-order chi connectivity index (χ1) is 14.6. The van der Waals surface area contributed by atoms with Crippen LogP contribution in [0.15, 0.2) is 66.7 Å². The van der Waals surface area contributed by atoms with Gasteiger partial charge in [-0.3, -0.25) is 4.79 Å². The average molecular weight is 404 g/mol. The number of aliphatic carboxylic acids is 1. The summed E-state index contributed by atoms with van der Waals surface area (Å²) >= 11 is 0. The van der Waals surface area contributed by atoms with Gasteiger partial charge in [0.25, 0.3) is 0 Å². The minimum Gasteiger partial charge on any atom is -0.497 e. The molecule has 1 aliphatic rings. The quantitative estimate of drug-likeness (QED) is 0.505. The van der Waals surface area contributed by atoms with Gasteiger partial charge in [-0.25, -0.2) is 0 Å².